The van der Waals surface area contributed by atoms with Crippen LogP contribution in [-0.4, -0.2) is 68.1 Å². The number of rotatable bonds is 4. The molecule has 152 valence electrons. The zero-order valence-corrected chi connectivity index (χ0v) is 18.8. The minimum atomic E-state index is -0.217. The van der Waals surface area contributed by atoms with E-state index in [-0.39, 0.29) is 29.8 Å². The Balaban J connectivity index is 0.00000280. The minimum Gasteiger partial charge on any atom is -0.375 e. The molecule has 0 amide bonds. The van der Waals surface area contributed by atoms with Gasteiger partial charge in [0.25, 0.3) is 0 Å². The first-order chi connectivity index (χ1) is 13.1. The third kappa shape index (κ3) is 5.43. The summed E-state index contributed by atoms with van der Waals surface area (Å²) >= 11 is 0. The first-order valence-corrected chi connectivity index (χ1v) is 9.02. The Morgan fingerprint density at radius 2 is 1.86 bits per heavy atom. The van der Waals surface area contributed by atoms with E-state index >= 15 is 0 Å². The molecule has 2 aromatic rings. The summed E-state index contributed by atoms with van der Waals surface area (Å²) in [7, 11) is 5.43. The maximum Gasteiger partial charge on any atom is 0.225 e. The molecule has 0 aliphatic carbocycles. The second-order valence-electron chi connectivity index (χ2n) is 6.60. The summed E-state index contributed by atoms with van der Waals surface area (Å²) in [6.45, 7) is 3.84. The van der Waals surface area contributed by atoms with Gasteiger partial charge in [-0.05, 0) is 23.8 Å². The molecule has 1 aromatic heterocycles. The van der Waals surface area contributed by atoms with Crippen molar-refractivity contribution < 1.29 is 4.39 Å². The van der Waals surface area contributed by atoms with Gasteiger partial charge in [0, 0.05) is 66.3 Å². The summed E-state index contributed by atoms with van der Waals surface area (Å²) in [5.74, 6) is 1.36. The van der Waals surface area contributed by atoms with Crippen LogP contribution in [0.1, 0.15) is 5.56 Å². The van der Waals surface area contributed by atoms with E-state index in [9.17, 15) is 4.39 Å². The third-order valence-corrected chi connectivity index (χ3v) is 4.57. The highest BCUT2D eigenvalue weighted by atomic mass is 127. The van der Waals surface area contributed by atoms with Gasteiger partial charge in [-0.2, -0.15) is 0 Å². The Kier molecular flexibility index (Phi) is 8.21. The van der Waals surface area contributed by atoms with Crippen LogP contribution in [-0.2, 0) is 6.54 Å². The molecule has 7 nitrogen and oxygen atoms in total. The fourth-order valence-electron chi connectivity index (χ4n) is 3.11. The van der Waals surface area contributed by atoms with Crippen molar-refractivity contribution in [3.05, 3.63) is 48.0 Å². The lowest BCUT2D eigenvalue weighted by atomic mass is 10.2. The van der Waals surface area contributed by atoms with E-state index in [0.29, 0.717) is 12.2 Å². The molecule has 1 aromatic carbocycles. The molecule has 1 saturated heterocycles. The first-order valence-electron chi connectivity index (χ1n) is 9.02. The number of benzene rings is 1. The molecule has 9 heteroatoms. The van der Waals surface area contributed by atoms with Crippen LogP contribution in [0.5, 0.6) is 0 Å². The highest BCUT2D eigenvalue weighted by molar-refractivity contribution is 14.0. The lowest BCUT2D eigenvalue weighted by molar-refractivity contribution is 0.370. The number of hydrogen-bond acceptors (Lipinski definition) is 5. The van der Waals surface area contributed by atoms with Gasteiger partial charge in [-0.15, -0.1) is 24.0 Å². The summed E-state index contributed by atoms with van der Waals surface area (Å²) in [5.41, 5.74) is 1.47. The summed E-state index contributed by atoms with van der Waals surface area (Å²) in [5, 5.41) is 3.33. The van der Waals surface area contributed by atoms with Crippen LogP contribution in [0.15, 0.2) is 41.7 Å². The second-order valence-corrected chi connectivity index (χ2v) is 6.60. The molecule has 0 atom stereocenters. The molecule has 2 heterocycles. The van der Waals surface area contributed by atoms with E-state index in [0.717, 1.165) is 43.7 Å². The van der Waals surface area contributed by atoms with E-state index in [2.05, 4.69) is 30.1 Å². The first kappa shape index (κ1) is 22.1. The molecule has 0 spiro atoms. The van der Waals surface area contributed by atoms with Gasteiger partial charge in [-0.1, -0.05) is 6.07 Å². The number of halogens is 2. The monoisotopic (exact) mass is 499 g/mol. The molecule has 0 bridgehead atoms. The largest absolute Gasteiger partial charge is 0.375 e. The van der Waals surface area contributed by atoms with Crippen LogP contribution >= 0.6 is 24.0 Å². The van der Waals surface area contributed by atoms with Gasteiger partial charge in [-0.25, -0.2) is 14.4 Å². The van der Waals surface area contributed by atoms with Crippen LogP contribution in [0.25, 0.3) is 0 Å². The molecule has 1 fully saturated rings. The highest BCUT2D eigenvalue weighted by Gasteiger charge is 2.21. The summed E-state index contributed by atoms with van der Waals surface area (Å²) in [6.07, 6.45) is 3.52. The molecule has 28 heavy (non-hydrogen) atoms. The van der Waals surface area contributed by atoms with E-state index in [4.69, 9.17) is 0 Å². The zero-order valence-electron chi connectivity index (χ0n) is 16.5. The molecule has 0 saturated carbocycles. The molecular weight excluding hydrogens is 472 g/mol. The molecule has 0 unspecified atom stereocenters. The lowest BCUT2D eigenvalue weighted by Gasteiger charge is -2.36. The number of nitrogens with one attached hydrogen (secondary N) is 1. The van der Waals surface area contributed by atoms with Gasteiger partial charge in [-0.3, -0.25) is 4.99 Å². The smallest absolute Gasteiger partial charge is 0.225 e. The van der Waals surface area contributed by atoms with Crippen molar-refractivity contribution in [1.29, 1.82) is 0 Å². The van der Waals surface area contributed by atoms with E-state index in [1.54, 1.807) is 36.5 Å². The average molecular weight is 499 g/mol. The van der Waals surface area contributed by atoms with Gasteiger partial charge in [0.1, 0.15) is 5.82 Å². The minimum absolute atomic E-state index is 0. The van der Waals surface area contributed by atoms with Gasteiger partial charge >= 0.3 is 0 Å². The number of anilines is 2. The average Bonchev–Trinajstić information content (AvgIpc) is 2.69. The molecular formula is C19H27FIN7. The second kappa shape index (κ2) is 10.4. The standard InChI is InChI=1S/C19H26FN7.HI/c1-21-18(24-14-15-5-6-17(25(2)3)16(20)13-15)26-9-11-27(12-10-26)19-22-7-4-8-23-19;/h4-8,13H,9-12,14H2,1-3H3,(H,21,24);1H. The Hall–Kier alpha value is -2.17. The fourth-order valence-corrected chi connectivity index (χ4v) is 3.11. The van der Waals surface area contributed by atoms with E-state index in [1.165, 1.54) is 0 Å². The fraction of sp³-hybridized carbons (Fsp3) is 0.421. The summed E-state index contributed by atoms with van der Waals surface area (Å²) < 4.78 is 14.1. The van der Waals surface area contributed by atoms with Crippen molar-refractivity contribution in [1.82, 2.24) is 20.2 Å². The predicted octanol–water partition coefficient (Wildman–Crippen LogP) is 2.20. The Labute approximate surface area is 182 Å². The van der Waals surface area contributed by atoms with Crippen LogP contribution in [0.3, 0.4) is 0 Å². The lowest BCUT2D eigenvalue weighted by Crippen LogP contribution is -2.52. The Bertz CT molecular complexity index is 777. The molecule has 1 aliphatic heterocycles. The van der Waals surface area contributed by atoms with Crippen molar-refractivity contribution in [3.8, 4) is 0 Å². The normalized spacial score (nSPS) is 14.5. The number of nitrogens with zero attached hydrogens (tertiary/aromatic N) is 6. The SMILES string of the molecule is CN=C(NCc1ccc(N(C)C)c(F)c1)N1CCN(c2ncccn2)CC1.I. The number of aromatic nitrogens is 2. The van der Waals surface area contributed by atoms with Crippen molar-refractivity contribution in [2.45, 2.75) is 6.54 Å². The Morgan fingerprint density at radius 1 is 1.18 bits per heavy atom. The highest BCUT2D eigenvalue weighted by Crippen LogP contribution is 2.18. The summed E-state index contributed by atoms with van der Waals surface area (Å²) in [4.78, 5) is 19.1. The third-order valence-electron chi connectivity index (χ3n) is 4.57. The van der Waals surface area contributed by atoms with Crippen molar-refractivity contribution in [2.24, 2.45) is 4.99 Å². The van der Waals surface area contributed by atoms with Gasteiger partial charge < -0.3 is 20.0 Å². The van der Waals surface area contributed by atoms with Gasteiger partial charge in [0.15, 0.2) is 5.96 Å². The van der Waals surface area contributed by atoms with Crippen molar-refractivity contribution in [3.63, 3.8) is 0 Å². The van der Waals surface area contributed by atoms with Crippen LogP contribution in [0, 0.1) is 5.82 Å². The topological polar surface area (TPSA) is 59.9 Å². The van der Waals surface area contributed by atoms with Crippen LogP contribution < -0.4 is 15.1 Å². The molecule has 0 radical (unpaired) electrons. The number of hydrogen-bond donors (Lipinski definition) is 1. The Morgan fingerprint density at radius 3 is 2.43 bits per heavy atom. The summed E-state index contributed by atoms with van der Waals surface area (Å²) in [6, 6.07) is 7.12. The molecule has 1 aliphatic rings. The van der Waals surface area contributed by atoms with E-state index < -0.39 is 0 Å². The maximum atomic E-state index is 14.1. The predicted molar refractivity (Wildman–Crippen MR) is 122 cm³/mol. The quantitative estimate of drug-likeness (QED) is 0.396. The van der Waals surface area contributed by atoms with Crippen LogP contribution in [0.4, 0.5) is 16.0 Å². The van der Waals surface area contributed by atoms with Gasteiger partial charge in [0.2, 0.25) is 5.95 Å². The van der Waals surface area contributed by atoms with Crippen LogP contribution in [0.2, 0.25) is 0 Å². The number of guanidine groups is 1. The van der Waals surface area contributed by atoms with Gasteiger partial charge in [0.05, 0.1) is 5.69 Å². The molecule has 3 rings (SSSR count). The number of piperazine rings is 1. The van der Waals surface area contributed by atoms with Crippen molar-refractivity contribution >= 4 is 41.6 Å². The number of aliphatic imine (C=N–C) groups is 1. The van der Waals surface area contributed by atoms with E-state index in [1.807, 2.05) is 26.2 Å². The maximum absolute atomic E-state index is 14.1. The molecule has 1 N–H and O–H groups in total. The zero-order chi connectivity index (χ0) is 19.2. The van der Waals surface area contributed by atoms with Crippen molar-refractivity contribution in [2.75, 3.05) is 57.1 Å².